The van der Waals surface area contributed by atoms with Crippen LogP contribution in [0.2, 0.25) is 0 Å². The molecule has 304 valence electrons. The molecule has 13 rings (SSSR count). The number of anilines is 3. The summed E-state index contributed by atoms with van der Waals surface area (Å²) in [6.45, 7) is 0. The van der Waals surface area contributed by atoms with Crippen LogP contribution in [0.3, 0.4) is 0 Å². The van der Waals surface area contributed by atoms with E-state index in [4.69, 9.17) is 14.4 Å². The Morgan fingerprint density at radius 3 is 1.54 bits per heavy atom. The highest BCUT2D eigenvalue weighted by Crippen LogP contribution is 2.47. The predicted molar refractivity (Wildman–Crippen MR) is 270 cm³/mol. The molecule has 0 aliphatic carbocycles. The summed E-state index contributed by atoms with van der Waals surface area (Å²) >= 11 is 0. The Labute approximate surface area is 374 Å². The minimum atomic E-state index is 0.594. The number of benzene rings is 10. The van der Waals surface area contributed by atoms with Gasteiger partial charge in [-0.2, -0.15) is 0 Å². The number of hydrogen-bond acceptors (Lipinski definition) is 4. The number of para-hydroxylation sites is 2. The van der Waals surface area contributed by atoms with E-state index in [0.717, 1.165) is 105 Å². The minimum absolute atomic E-state index is 0.594. The first kappa shape index (κ1) is 36.8. The third-order valence-corrected chi connectivity index (χ3v) is 12.8. The normalized spacial score (nSPS) is 11.7. The summed E-state index contributed by atoms with van der Waals surface area (Å²) in [6, 6.07) is 81.4. The topological polar surface area (TPSA) is 47.1 Å². The van der Waals surface area contributed by atoms with Crippen molar-refractivity contribution in [2.24, 2.45) is 0 Å². The zero-order valence-corrected chi connectivity index (χ0v) is 35.1. The van der Waals surface area contributed by atoms with Gasteiger partial charge in [0.15, 0.2) is 5.58 Å². The number of fused-ring (bicyclic) bond motifs is 10. The van der Waals surface area contributed by atoms with E-state index in [-0.39, 0.29) is 0 Å². The van der Waals surface area contributed by atoms with Gasteiger partial charge in [0.05, 0.1) is 22.4 Å². The third kappa shape index (κ3) is 6.01. The van der Waals surface area contributed by atoms with Crippen molar-refractivity contribution in [3.8, 4) is 39.5 Å². The Kier molecular flexibility index (Phi) is 8.46. The number of hydrogen-bond donors (Lipinski definition) is 0. The van der Waals surface area contributed by atoms with Crippen molar-refractivity contribution < 1.29 is 4.42 Å². The van der Waals surface area contributed by atoms with Crippen LogP contribution in [0, 0.1) is 0 Å². The van der Waals surface area contributed by atoms with Crippen LogP contribution in [0.1, 0.15) is 0 Å². The van der Waals surface area contributed by atoms with Crippen LogP contribution in [-0.4, -0.2) is 14.5 Å². The summed E-state index contributed by atoms with van der Waals surface area (Å²) < 4.78 is 9.48. The molecule has 10 aromatic carbocycles. The molecule has 3 heterocycles. The SMILES string of the molecule is c1ccc(-c2ccc(N(c3ccc(-c4ccccc4)cc3)c3cc4oc5c(ccc6c7ccccc7n(-c7nc(-c8ccccc8)c8ccccc8n7)c65)c4c4ccccc34)cc2)cc1. The van der Waals surface area contributed by atoms with Gasteiger partial charge in [-0.05, 0) is 70.1 Å². The minimum Gasteiger partial charge on any atom is -0.454 e. The van der Waals surface area contributed by atoms with Crippen LogP contribution in [0.15, 0.2) is 235 Å². The average molecular weight is 831 g/mol. The van der Waals surface area contributed by atoms with Crippen molar-refractivity contribution in [1.29, 1.82) is 0 Å². The summed E-state index contributed by atoms with van der Waals surface area (Å²) in [5, 5.41) is 7.53. The quantitative estimate of drug-likeness (QED) is 0.161. The number of nitrogens with zero attached hydrogens (tertiary/aromatic N) is 4. The molecule has 0 spiro atoms. The number of aromatic nitrogens is 3. The fourth-order valence-corrected chi connectivity index (χ4v) is 9.79. The van der Waals surface area contributed by atoms with Gasteiger partial charge in [-0.15, -0.1) is 0 Å². The van der Waals surface area contributed by atoms with Gasteiger partial charge in [-0.3, -0.25) is 4.57 Å². The average Bonchev–Trinajstić information content (AvgIpc) is 3.93. The molecule has 0 bridgehead atoms. The van der Waals surface area contributed by atoms with Gasteiger partial charge < -0.3 is 9.32 Å². The lowest BCUT2D eigenvalue weighted by Crippen LogP contribution is -2.10. The highest BCUT2D eigenvalue weighted by molar-refractivity contribution is 6.27. The van der Waals surface area contributed by atoms with Crippen molar-refractivity contribution in [3.63, 3.8) is 0 Å². The lowest BCUT2D eigenvalue weighted by Gasteiger charge is -2.27. The molecule has 0 atom stereocenters. The second-order valence-electron chi connectivity index (χ2n) is 16.5. The van der Waals surface area contributed by atoms with Gasteiger partial charge in [0.2, 0.25) is 5.95 Å². The monoisotopic (exact) mass is 830 g/mol. The van der Waals surface area contributed by atoms with E-state index >= 15 is 0 Å². The summed E-state index contributed by atoms with van der Waals surface area (Å²) in [5.41, 5.74) is 14.1. The van der Waals surface area contributed by atoms with Gasteiger partial charge in [-0.1, -0.05) is 182 Å². The summed E-state index contributed by atoms with van der Waals surface area (Å²) in [5.74, 6) is 0.594. The summed E-state index contributed by atoms with van der Waals surface area (Å²) in [4.78, 5) is 13.0. The highest BCUT2D eigenvalue weighted by atomic mass is 16.3. The smallest absolute Gasteiger partial charge is 0.235 e. The Morgan fingerprint density at radius 2 is 0.892 bits per heavy atom. The standard InChI is InChI=1S/C60H38N4O/c1-4-16-39(17-5-1)41-28-32-44(33-29-41)63(45-34-30-42(31-35-45)40-18-6-2-7-19-40)54-38-55-56(48-24-11-10-22-46(48)54)51-37-36-49-47-23-13-15-27-53(47)64(58(49)59(51)65-55)60-61-52-26-14-12-25-50(52)57(62-60)43-20-8-3-9-21-43/h1-38H. The Balaban J connectivity index is 1.07. The fourth-order valence-electron chi connectivity index (χ4n) is 9.79. The zero-order chi connectivity index (χ0) is 42.8. The van der Waals surface area contributed by atoms with Gasteiger partial charge >= 0.3 is 0 Å². The first-order valence-electron chi connectivity index (χ1n) is 22.0. The molecule has 0 saturated heterocycles. The molecular weight excluding hydrogens is 793 g/mol. The van der Waals surface area contributed by atoms with Gasteiger partial charge in [0, 0.05) is 55.3 Å². The van der Waals surface area contributed by atoms with Crippen molar-refractivity contribution in [2.75, 3.05) is 4.90 Å². The maximum absolute atomic E-state index is 7.28. The second-order valence-corrected chi connectivity index (χ2v) is 16.5. The molecule has 65 heavy (non-hydrogen) atoms. The van der Waals surface area contributed by atoms with Crippen LogP contribution in [0.5, 0.6) is 0 Å². The molecule has 0 aliphatic heterocycles. The molecule has 0 aliphatic rings. The molecule has 0 radical (unpaired) electrons. The van der Waals surface area contributed by atoms with Crippen LogP contribution in [0.4, 0.5) is 17.1 Å². The Morgan fingerprint density at radius 1 is 0.385 bits per heavy atom. The summed E-state index contributed by atoms with van der Waals surface area (Å²) in [7, 11) is 0. The molecule has 0 unspecified atom stereocenters. The first-order valence-corrected chi connectivity index (χ1v) is 22.0. The molecule has 0 saturated carbocycles. The molecule has 0 amide bonds. The van der Waals surface area contributed by atoms with Crippen LogP contribution in [0.25, 0.3) is 105 Å². The van der Waals surface area contributed by atoms with E-state index in [1.807, 2.05) is 12.1 Å². The maximum Gasteiger partial charge on any atom is 0.235 e. The largest absolute Gasteiger partial charge is 0.454 e. The zero-order valence-electron chi connectivity index (χ0n) is 35.1. The number of furan rings is 1. The Bertz CT molecular complexity index is 3830. The Hall–Kier alpha value is -8.80. The van der Waals surface area contributed by atoms with E-state index in [0.29, 0.717) is 5.95 Å². The second kappa shape index (κ2) is 14.9. The summed E-state index contributed by atoms with van der Waals surface area (Å²) in [6.07, 6.45) is 0. The van der Waals surface area contributed by atoms with E-state index < -0.39 is 0 Å². The molecular formula is C60H38N4O. The molecule has 0 fully saturated rings. The van der Waals surface area contributed by atoms with Crippen LogP contribution in [-0.2, 0) is 0 Å². The molecule has 13 aromatic rings. The lowest BCUT2D eigenvalue weighted by molar-refractivity contribution is 0.671. The fraction of sp³-hybridized carbons (Fsp3) is 0. The molecule has 3 aromatic heterocycles. The molecule has 5 nitrogen and oxygen atoms in total. The maximum atomic E-state index is 7.28. The van der Waals surface area contributed by atoms with Crippen molar-refractivity contribution in [2.45, 2.75) is 0 Å². The molecule has 0 N–H and O–H groups in total. The van der Waals surface area contributed by atoms with Crippen LogP contribution < -0.4 is 4.90 Å². The van der Waals surface area contributed by atoms with Crippen molar-refractivity contribution >= 4 is 82.5 Å². The third-order valence-electron chi connectivity index (χ3n) is 12.8. The van der Waals surface area contributed by atoms with Gasteiger partial charge in [-0.25, -0.2) is 9.97 Å². The lowest BCUT2D eigenvalue weighted by atomic mass is 9.99. The van der Waals surface area contributed by atoms with Crippen LogP contribution >= 0.6 is 0 Å². The highest BCUT2D eigenvalue weighted by Gasteiger charge is 2.25. The van der Waals surface area contributed by atoms with E-state index in [2.05, 4.69) is 228 Å². The number of rotatable bonds is 7. The van der Waals surface area contributed by atoms with Gasteiger partial charge in [0.25, 0.3) is 0 Å². The first-order chi connectivity index (χ1) is 32.2. The van der Waals surface area contributed by atoms with E-state index in [1.165, 1.54) is 11.1 Å². The van der Waals surface area contributed by atoms with E-state index in [9.17, 15) is 0 Å². The molecule has 5 heteroatoms. The predicted octanol–water partition coefficient (Wildman–Crippen LogP) is 16.3. The van der Waals surface area contributed by atoms with E-state index in [1.54, 1.807) is 0 Å². The van der Waals surface area contributed by atoms with Crippen molar-refractivity contribution in [3.05, 3.63) is 231 Å². The van der Waals surface area contributed by atoms with Gasteiger partial charge in [0.1, 0.15) is 11.1 Å². The van der Waals surface area contributed by atoms with Crippen molar-refractivity contribution in [1.82, 2.24) is 14.5 Å².